The fraction of sp³-hybridized carbons (Fsp3) is 0.400. The minimum absolute atomic E-state index is 0.138. The molecule has 1 aliphatic carbocycles. The number of rotatable bonds is 3. The van der Waals surface area contributed by atoms with E-state index in [0.29, 0.717) is 6.05 Å². The van der Waals surface area contributed by atoms with Crippen LogP contribution in [0.2, 0.25) is 0 Å². The fourth-order valence-corrected chi connectivity index (χ4v) is 2.19. The van der Waals surface area contributed by atoms with Gasteiger partial charge in [-0.25, -0.2) is 0 Å². The highest BCUT2D eigenvalue weighted by Crippen LogP contribution is 2.24. The molecule has 0 amide bonds. The monoisotopic (exact) mass is 215 g/mol. The summed E-state index contributed by atoms with van der Waals surface area (Å²) in [5.74, 6) is 0.298. The topological polar surface area (TPSA) is 17.1 Å². The van der Waals surface area contributed by atoms with Gasteiger partial charge < -0.3 is 0 Å². The van der Waals surface area contributed by atoms with Crippen molar-refractivity contribution in [2.24, 2.45) is 5.92 Å². The second kappa shape index (κ2) is 5.64. The van der Waals surface area contributed by atoms with Crippen LogP contribution in [0, 0.1) is 5.92 Å². The predicted molar refractivity (Wildman–Crippen MR) is 67.1 cm³/mol. The van der Waals surface area contributed by atoms with Gasteiger partial charge in [0.1, 0.15) is 0 Å². The molecule has 0 radical (unpaired) electrons. The van der Waals surface area contributed by atoms with E-state index >= 15 is 0 Å². The number of carbonyl (C=O) groups is 1. The van der Waals surface area contributed by atoms with E-state index in [2.05, 4.69) is 0 Å². The summed E-state index contributed by atoms with van der Waals surface area (Å²) < 4.78 is 7.90. The molecular formula is C15H18O. The maximum Gasteiger partial charge on any atom is 0.158 e. The molecule has 1 heteroatoms. The van der Waals surface area contributed by atoms with Gasteiger partial charge in [-0.2, -0.15) is 0 Å². The first kappa shape index (κ1) is 9.83. The third-order valence-electron chi connectivity index (χ3n) is 3.16. The standard InChI is InChI=1S/C15H18O/c16-15(14-9-5-2-6-10-14)12-11-13-7-3-1-4-8-13/h1,3-4,7-8,11-12,14H,2,5-6,9-10H2/b12-11+/i11D. The highest BCUT2D eigenvalue weighted by atomic mass is 16.1. The summed E-state index contributed by atoms with van der Waals surface area (Å²) in [5.41, 5.74) is 0.816. The summed E-state index contributed by atoms with van der Waals surface area (Å²) in [4.78, 5) is 12.0. The van der Waals surface area contributed by atoms with Crippen LogP contribution in [0.4, 0.5) is 0 Å². The van der Waals surface area contributed by atoms with Gasteiger partial charge >= 0.3 is 0 Å². The quantitative estimate of drug-likeness (QED) is 0.700. The summed E-state index contributed by atoms with van der Waals surface area (Å²) in [5, 5.41) is 0. The maximum absolute atomic E-state index is 12.0. The van der Waals surface area contributed by atoms with Crippen molar-refractivity contribution >= 4 is 11.8 Å². The van der Waals surface area contributed by atoms with Crippen molar-refractivity contribution in [3.05, 3.63) is 42.0 Å². The van der Waals surface area contributed by atoms with Gasteiger partial charge in [-0.1, -0.05) is 55.6 Å². The molecule has 0 N–H and O–H groups in total. The Labute approximate surface area is 98.6 Å². The third-order valence-corrected chi connectivity index (χ3v) is 3.16. The average molecular weight is 215 g/mol. The molecule has 84 valence electrons. The fourth-order valence-electron chi connectivity index (χ4n) is 2.19. The zero-order chi connectivity index (χ0) is 12.1. The van der Waals surface area contributed by atoms with Crippen molar-refractivity contribution in [3.8, 4) is 0 Å². The van der Waals surface area contributed by atoms with Crippen LogP contribution in [0.5, 0.6) is 0 Å². The summed E-state index contributed by atoms with van der Waals surface area (Å²) in [7, 11) is 0. The van der Waals surface area contributed by atoms with E-state index < -0.39 is 0 Å². The van der Waals surface area contributed by atoms with Gasteiger partial charge in [-0.05, 0) is 24.5 Å². The molecule has 0 aliphatic heterocycles. The van der Waals surface area contributed by atoms with Crippen LogP contribution in [0.25, 0.3) is 6.05 Å². The minimum Gasteiger partial charge on any atom is -0.295 e. The normalized spacial score (nSPS) is 19.2. The molecule has 1 nitrogen and oxygen atoms in total. The average Bonchev–Trinajstić information content (AvgIpc) is 2.40. The lowest BCUT2D eigenvalue weighted by molar-refractivity contribution is -0.119. The number of hydrogen-bond donors (Lipinski definition) is 0. The first-order valence-corrected chi connectivity index (χ1v) is 6.05. The number of allylic oxidation sites excluding steroid dienone is 1. The van der Waals surface area contributed by atoms with Crippen LogP contribution in [0.3, 0.4) is 0 Å². The van der Waals surface area contributed by atoms with Crippen LogP contribution < -0.4 is 0 Å². The molecule has 2 rings (SSSR count). The molecule has 0 aromatic heterocycles. The SMILES string of the molecule is [2H]/C(=C\C(=O)C1CCCCC1)c1ccccc1. The van der Waals surface area contributed by atoms with Crippen LogP contribution in [0.1, 0.15) is 39.0 Å². The van der Waals surface area contributed by atoms with Gasteiger partial charge in [0, 0.05) is 5.92 Å². The molecule has 0 spiro atoms. The Morgan fingerprint density at radius 1 is 1.19 bits per heavy atom. The highest BCUT2D eigenvalue weighted by Gasteiger charge is 2.18. The lowest BCUT2D eigenvalue weighted by Gasteiger charge is -2.18. The van der Waals surface area contributed by atoms with E-state index in [-0.39, 0.29) is 11.7 Å². The molecule has 1 aromatic carbocycles. The van der Waals surface area contributed by atoms with Crippen molar-refractivity contribution < 1.29 is 6.17 Å². The number of hydrogen-bond acceptors (Lipinski definition) is 1. The van der Waals surface area contributed by atoms with E-state index in [1.165, 1.54) is 12.5 Å². The molecule has 0 heterocycles. The molecule has 0 atom stereocenters. The lowest BCUT2D eigenvalue weighted by atomic mass is 9.86. The molecule has 1 saturated carbocycles. The maximum atomic E-state index is 12.0. The molecule has 0 saturated heterocycles. The van der Waals surface area contributed by atoms with Crippen LogP contribution in [0.15, 0.2) is 36.4 Å². The highest BCUT2D eigenvalue weighted by molar-refractivity contribution is 5.95. The van der Waals surface area contributed by atoms with Gasteiger partial charge in [0.15, 0.2) is 5.78 Å². The van der Waals surface area contributed by atoms with Crippen molar-refractivity contribution in [2.45, 2.75) is 32.1 Å². The summed E-state index contributed by atoms with van der Waals surface area (Å²) in [6.07, 6.45) is 7.06. The molecule has 16 heavy (non-hydrogen) atoms. The van der Waals surface area contributed by atoms with Gasteiger partial charge in [0.2, 0.25) is 0 Å². The Kier molecular flexibility index (Phi) is 3.47. The molecular weight excluding hydrogens is 196 g/mol. The molecule has 0 unspecified atom stereocenters. The van der Waals surface area contributed by atoms with Gasteiger partial charge in [-0.3, -0.25) is 4.79 Å². The zero-order valence-electron chi connectivity index (χ0n) is 10.5. The second-order valence-corrected chi connectivity index (χ2v) is 4.39. The largest absolute Gasteiger partial charge is 0.295 e. The Morgan fingerprint density at radius 3 is 2.56 bits per heavy atom. The van der Waals surface area contributed by atoms with Crippen molar-refractivity contribution in [1.82, 2.24) is 0 Å². The van der Waals surface area contributed by atoms with Crippen molar-refractivity contribution in [1.29, 1.82) is 0 Å². The van der Waals surface area contributed by atoms with E-state index in [1.807, 2.05) is 30.3 Å². The van der Waals surface area contributed by atoms with E-state index in [4.69, 9.17) is 1.37 Å². The van der Waals surface area contributed by atoms with E-state index in [9.17, 15) is 4.79 Å². The van der Waals surface area contributed by atoms with Gasteiger partial charge in [0.25, 0.3) is 0 Å². The Hall–Kier alpha value is -1.37. The van der Waals surface area contributed by atoms with Crippen LogP contribution >= 0.6 is 0 Å². The van der Waals surface area contributed by atoms with Gasteiger partial charge in [0.05, 0.1) is 1.37 Å². The number of ketones is 1. The zero-order valence-corrected chi connectivity index (χ0v) is 9.49. The summed E-state index contributed by atoms with van der Waals surface area (Å²) >= 11 is 0. The van der Waals surface area contributed by atoms with E-state index in [1.54, 1.807) is 0 Å². The van der Waals surface area contributed by atoms with Crippen molar-refractivity contribution in [3.63, 3.8) is 0 Å². The smallest absolute Gasteiger partial charge is 0.158 e. The first-order valence-electron chi connectivity index (χ1n) is 6.55. The van der Waals surface area contributed by atoms with Crippen molar-refractivity contribution in [2.75, 3.05) is 0 Å². The van der Waals surface area contributed by atoms with Crippen LogP contribution in [-0.2, 0) is 4.79 Å². The van der Waals surface area contributed by atoms with E-state index in [0.717, 1.165) is 31.2 Å². The summed E-state index contributed by atoms with van der Waals surface area (Å²) in [6.45, 7) is 0. The third kappa shape index (κ3) is 3.06. The van der Waals surface area contributed by atoms with Gasteiger partial charge in [-0.15, -0.1) is 0 Å². The Bertz CT molecular complexity index is 402. The first-order chi connectivity index (χ1) is 8.27. The second-order valence-electron chi connectivity index (χ2n) is 4.39. The predicted octanol–water partition coefficient (Wildman–Crippen LogP) is 3.85. The Balaban J connectivity index is 2.05. The number of carbonyl (C=O) groups excluding carboxylic acids is 1. The lowest BCUT2D eigenvalue weighted by Crippen LogP contribution is -2.15. The molecule has 0 bridgehead atoms. The Morgan fingerprint density at radius 2 is 1.88 bits per heavy atom. The molecule has 1 fully saturated rings. The summed E-state index contributed by atoms with van der Waals surface area (Å²) in [6, 6.07) is 9.77. The molecule has 1 aliphatic rings. The molecule has 1 aromatic rings. The number of benzene rings is 1. The minimum atomic E-state index is 0.138. The van der Waals surface area contributed by atoms with Crippen LogP contribution in [-0.4, -0.2) is 5.78 Å².